The van der Waals surface area contributed by atoms with Crippen LogP contribution in [0, 0.1) is 5.92 Å². The van der Waals surface area contributed by atoms with Crippen LogP contribution in [-0.4, -0.2) is 36.5 Å². The van der Waals surface area contributed by atoms with E-state index in [9.17, 15) is 4.79 Å². The maximum Gasteiger partial charge on any atom is 0.226 e. The van der Waals surface area contributed by atoms with Crippen molar-refractivity contribution in [3.63, 3.8) is 0 Å². The summed E-state index contributed by atoms with van der Waals surface area (Å²) >= 11 is 6.27. The zero-order valence-corrected chi connectivity index (χ0v) is 13.1. The second-order valence-electron chi connectivity index (χ2n) is 6.15. The Bertz CT molecular complexity index is 499. The Morgan fingerprint density at radius 1 is 1.24 bits per heavy atom. The van der Waals surface area contributed by atoms with Gasteiger partial charge in [0.25, 0.3) is 0 Å². The summed E-state index contributed by atoms with van der Waals surface area (Å²) in [7, 11) is 0. The molecule has 2 heterocycles. The van der Waals surface area contributed by atoms with E-state index in [2.05, 4.69) is 16.3 Å². The third kappa shape index (κ3) is 3.41. The van der Waals surface area contributed by atoms with Crippen LogP contribution in [0.15, 0.2) is 24.3 Å². The summed E-state index contributed by atoms with van der Waals surface area (Å²) in [6.45, 7) is 2.86. The molecule has 1 N–H and O–H groups in total. The SMILES string of the molecule is O=C(C1CCNCC1)N1CCC[C@H]1Cc1ccccc1Cl. The highest BCUT2D eigenvalue weighted by Crippen LogP contribution is 2.27. The highest BCUT2D eigenvalue weighted by molar-refractivity contribution is 6.31. The molecule has 1 aromatic rings. The second kappa shape index (κ2) is 6.80. The number of amides is 1. The molecule has 2 aliphatic rings. The van der Waals surface area contributed by atoms with E-state index >= 15 is 0 Å². The number of nitrogens with zero attached hydrogens (tertiary/aromatic N) is 1. The molecule has 0 bridgehead atoms. The van der Waals surface area contributed by atoms with Crippen molar-refractivity contribution in [1.29, 1.82) is 0 Å². The van der Waals surface area contributed by atoms with Crippen LogP contribution in [0.3, 0.4) is 0 Å². The number of carbonyl (C=O) groups is 1. The highest BCUT2D eigenvalue weighted by atomic mass is 35.5. The molecular formula is C17H23ClN2O. The van der Waals surface area contributed by atoms with E-state index in [1.807, 2.05) is 18.2 Å². The topological polar surface area (TPSA) is 32.3 Å². The molecule has 0 radical (unpaired) electrons. The Hall–Kier alpha value is -1.06. The molecule has 1 amide bonds. The molecule has 1 aromatic carbocycles. The Labute approximate surface area is 131 Å². The molecule has 0 aliphatic carbocycles. The first-order chi connectivity index (χ1) is 10.3. The number of hydrogen-bond acceptors (Lipinski definition) is 2. The molecule has 114 valence electrons. The Kier molecular flexibility index (Phi) is 4.81. The van der Waals surface area contributed by atoms with Gasteiger partial charge in [0.15, 0.2) is 0 Å². The third-order valence-corrected chi connectivity index (χ3v) is 5.13. The first-order valence-electron chi connectivity index (χ1n) is 8.00. The number of benzene rings is 1. The number of hydrogen-bond donors (Lipinski definition) is 1. The van der Waals surface area contributed by atoms with Crippen LogP contribution in [0.1, 0.15) is 31.2 Å². The molecule has 21 heavy (non-hydrogen) atoms. The van der Waals surface area contributed by atoms with Gasteiger partial charge < -0.3 is 10.2 Å². The van der Waals surface area contributed by atoms with Crippen molar-refractivity contribution >= 4 is 17.5 Å². The largest absolute Gasteiger partial charge is 0.339 e. The summed E-state index contributed by atoms with van der Waals surface area (Å²) in [5.41, 5.74) is 1.16. The minimum absolute atomic E-state index is 0.220. The van der Waals surface area contributed by atoms with Crippen molar-refractivity contribution in [3.8, 4) is 0 Å². The number of likely N-dealkylation sites (tertiary alicyclic amines) is 1. The minimum atomic E-state index is 0.220. The Morgan fingerprint density at radius 3 is 2.76 bits per heavy atom. The number of piperidine rings is 1. The van der Waals surface area contributed by atoms with Crippen molar-refractivity contribution in [2.75, 3.05) is 19.6 Å². The fraction of sp³-hybridized carbons (Fsp3) is 0.588. The predicted octanol–water partition coefficient (Wildman–Crippen LogP) is 2.87. The van der Waals surface area contributed by atoms with E-state index in [1.54, 1.807) is 0 Å². The lowest BCUT2D eigenvalue weighted by atomic mass is 9.95. The van der Waals surface area contributed by atoms with Crippen LogP contribution in [0.4, 0.5) is 0 Å². The minimum Gasteiger partial charge on any atom is -0.339 e. The number of rotatable bonds is 3. The van der Waals surface area contributed by atoms with Crippen LogP contribution in [0.25, 0.3) is 0 Å². The molecule has 3 nitrogen and oxygen atoms in total. The monoisotopic (exact) mass is 306 g/mol. The molecule has 0 spiro atoms. The fourth-order valence-electron chi connectivity index (χ4n) is 3.56. The van der Waals surface area contributed by atoms with Gasteiger partial charge in [0.1, 0.15) is 0 Å². The number of nitrogens with one attached hydrogen (secondary N) is 1. The van der Waals surface area contributed by atoms with Gasteiger partial charge in [-0.1, -0.05) is 29.8 Å². The summed E-state index contributed by atoms with van der Waals surface area (Å²) in [5.74, 6) is 0.587. The lowest BCUT2D eigenvalue weighted by Gasteiger charge is -2.31. The molecule has 2 fully saturated rings. The van der Waals surface area contributed by atoms with Crippen molar-refractivity contribution in [2.45, 2.75) is 38.1 Å². The average Bonchev–Trinajstić information content (AvgIpc) is 2.98. The maximum absolute atomic E-state index is 12.8. The number of halogens is 1. The number of carbonyl (C=O) groups excluding carboxylic acids is 1. The van der Waals surface area contributed by atoms with Crippen LogP contribution in [0.2, 0.25) is 5.02 Å². The van der Waals surface area contributed by atoms with Crippen LogP contribution >= 0.6 is 11.6 Å². The maximum atomic E-state index is 12.8. The van der Waals surface area contributed by atoms with Gasteiger partial charge in [-0.2, -0.15) is 0 Å². The second-order valence-corrected chi connectivity index (χ2v) is 6.55. The summed E-state index contributed by atoms with van der Waals surface area (Å²) in [6, 6.07) is 8.32. The highest BCUT2D eigenvalue weighted by Gasteiger charge is 2.33. The Morgan fingerprint density at radius 2 is 2.00 bits per heavy atom. The van der Waals surface area contributed by atoms with Crippen molar-refractivity contribution < 1.29 is 4.79 Å². The molecule has 2 aliphatic heterocycles. The van der Waals surface area contributed by atoms with Gasteiger partial charge in [-0.05, 0) is 56.8 Å². The van der Waals surface area contributed by atoms with Crippen molar-refractivity contribution in [1.82, 2.24) is 10.2 Å². The first-order valence-corrected chi connectivity index (χ1v) is 8.38. The summed E-state index contributed by atoms with van der Waals surface area (Å²) in [6.07, 6.45) is 5.06. The predicted molar refractivity (Wildman–Crippen MR) is 85.5 cm³/mol. The molecular weight excluding hydrogens is 284 g/mol. The van der Waals surface area contributed by atoms with E-state index in [0.29, 0.717) is 11.9 Å². The Balaban J connectivity index is 1.67. The van der Waals surface area contributed by atoms with Crippen LogP contribution in [-0.2, 0) is 11.2 Å². The zero-order chi connectivity index (χ0) is 14.7. The lowest BCUT2D eigenvalue weighted by Crippen LogP contribution is -2.43. The van der Waals surface area contributed by atoms with Gasteiger partial charge in [0.05, 0.1) is 0 Å². The quantitative estimate of drug-likeness (QED) is 0.931. The van der Waals surface area contributed by atoms with E-state index in [1.165, 1.54) is 0 Å². The molecule has 0 unspecified atom stereocenters. The normalized spacial score (nSPS) is 23.5. The lowest BCUT2D eigenvalue weighted by molar-refractivity contribution is -0.137. The fourth-order valence-corrected chi connectivity index (χ4v) is 3.77. The smallest absolute Gasteiger partial charge is 0.226 e. The van der Waals surface area contributed by atoms with Crippen LogP contribution in [0.5, 0.6) is 0 Å². The summed E-state index contributed by atoms with van der Waals surface area (Å²) < 4.78 is 0. The van der Waals surface area contributed by atoms with E-state index in [0.717, 1.165) is 62.3 Å². The van der Waals surface area contributed by atoms with Gasteiger partial charge in [0, 0.05) is 23.5 Å². The molecule has 4 heteroatoms. The molecule has 1 atom stereocenters. The van der Waals surface area contributed by atoms with E-state index in [-0.39, 0.29) is 5.92 Å². The van der Waals surface area contributed by atoms with Gasteiger partial charge in [-0.3, -0.25) is 4.79 Å². The van der Waals surface area contributed by atoms with Gasteiger partial charge in [-0.15, -0.1) is 0 Å². The van der Waals surface area contributed by atoms with E-state index < -0.39 is 0 Å². The van der Waals surface area contributed by atoms with Crippen LogP contribution < -0.4 is 5.32 Å². The molecule has 0 aromatic heterocycles. The zero-order valence-electron chi connectivity index (χ0n) is 12.4. The molecule has 3 rings (SSSR count). The first kappa shape index (κ1) is 14.9. The van der Waals surface area contributed by atoms with Gasteiger partial charge in [-0.25, -0.2) is 0 Å². The summed E-state index contributed by atoms with van der Waals surface area (Å²) in [4.78, 5) is 14.9. The molecule has 0 saturated carbocycles. The van der Waals surface area contributed by atoms with Gasteiger partial charge in [0.2, 0.25) is 5.91 Å². The third-order valence-electron chi connectivity index (χ3n) is 4.76. The molecule has 2 saturated heterocycles. The average molecular weight is 307 g/mol. The van der Waals surface area contributed by atoms with Crippen molar-refractivity contribution in [3.05, 3.63) is 34.9 Å². The van der Waals surface area contributed by atoms with Crippen molar-refractivity contribution in [2.24, 2.45) is 5.92 Å². The van der Waals surface area contributed by atoms with E-state index in [4.69, 9.17) is 11.6 Å². The van der Waals surface area contributed by atoms with Gasteiger partial charge >= 0.3 is 0 Å². The summed E-state index contributed by atoms with van der Waals surface area (Å²) in [5, 5.41) is 4.15. The standard InChI is InChI=1S/C17H23ClN2O/c18-16-6-2-1-4-14(16)12-15-5-3-11-20(15)17(21)13-7-9-19-10-8-13/h1-2,4,6,13,15,19H,3,5,7-12H2/t15-/m0/s1.